The first kappa shape index (κ1) is 24.6. The van der Waals surface area contributed by atoms with Crippen molar-refractivity contribution < 1.29 is 28.2 Å². The van der Waals surface area contributed by atoms with Gasteiger partial charge in [-0.25, -0.2) is 4.39 Å². The minimum atomic E-state index is -0.708. The van der Waals surface area contributed by atoms with E-state index in [0.717, 1.165) is 11.1 Å². The molecule has 0 spiro atoms. The van der Waals surface area contributed by atoms with Crippen LogP contribution in [0.15, 0.2) is 54.3 Å². The van der Waals surface area contributed by atoms with Crippen molar-refractivity contribution in [2.45, 2.75) is 19.4 Å². The maximum Gasteiger partial charge on any atom is 0.260 e. The van der Waals surface area contributed by atoms with Crippen LogP contribution in [0, 0.1) is 5.82 Å². The molecule has 1 N–H and O–H groups in total. The summed E-state index contributed by atoms with van der Waals surface area (Å²) in [5.74, 6) is -0.423. The molecular formula is C27H29FN2O5. The summed E-state index contributed by atoms with van der Waals surface area (Å²) in [5, 5.41) is 2.70. The molecule has 0 fully saturated rings. The zero-order valence-corrected chi connectivity index (χ0v) is 20.3. The Kier molecular flexibility index (Phi) is 7.05. The Bertz CT molecular complexity index is 1190. The van der Waals surface area contributed by atoms with Crippen molar-refractivity contribution in [2.24, 2.45) is 0 Å². The topological polar surface area (TPSA) is 77.1 Å². The second kappa shape index (κ2) is 10.0. The van der Waals surface area contributed by atoms with Crippen LogP contribution in [-0.2, 0) is 19.0 Å². The number of nitrogens with zero attached hydrogens (tertiary/aromatic N) is 1. The molecule has 8 heteroatoms. The summed E-state index contributed by atoms with van der Waals surface area (Å²) in [7, 11) is 3.20. The summed E-state index contributed by atoms with van der Waals surface area (Å²) < 4.78 is 30.1. The Hall–Kier alpha value is -3.49. The molecule has 0 atom stereocenters. The number of carbonyl (C=O) groups excluding carboxylic acids is 2. The summed E-state index contributed by atoms with van der Waals surface area (Å²) in [6.07, 6.45) is 1.84. The van der Waals surface area contributed by atoms with Crippen molar-refractivity contribution in [2.75, 3.05) is 45.8 Å². The van der Waals surface area contributed by atoms with E-state index in [1.807, 2.05) is 32.1 Å². The number of fused-ring (bicyclic) bond motifs is 1. The molecule has 2 amide bonds. The molecule has 2 aliphatic heterocycles. The largest absolute Gasteiger partial charge is 0.482 e. The van der Waals surface area contributed by atoms with E-state index >= 15 is 0 Å². The van der Waals surface area contributed by atoms with Gasteiger partial charge in [0, 0.05) is 44.0 Å². The van der Waals surface area contributed by atoms with Crippen LogP contribution in [0.5, 0.6) is 0 Å². The number of rotatable bonds is 8. The number of hydrogen-bond donors (Lipinski definition) is 1. The van der Waals surface area contributed by atoms with Crippen LogP contribution in [0.2, 0.25) is 0 Å². The maximum atomic E-state index is 13.6. The van der Waals surface area contributed by atoms with Crippen LogP contribution in [0.1, 0.15) is 35.3 Å². The number of ether oxygens (including phenoxy) is 3. The lowest BCUT2D eigenvalue weighted by Gasteiger charge is -2.24. The van der Waals surface area contributed by atoms with Crippen LogP contribution in [0.25, 0.3) is 11.1 Å². The van der Waals surface area contributed by atoms with Crippen molar-refractivity contribution in [3.05, 3.63) is 76.8 Å². The van der Waals surface area contributed by atoms with Crippen LogP contribution < -0.4 is 5.32 Å². The number of anilines is 1. The number of methoxy groups -OCH3 is 2. The van der Waals surface area contributed by atoms with Crippen LogP contribution in [0.3, 0.4) is 0 Å². The minimum Gasteiger partial charge on any atom is -0.482 e. The van der Waals surface area contributed by atoms with Crippen LogP contribution in [0.4, 0.5) is 10.1 Å². The van der Waals surface area contributed by atoms with Crippen molar-refractivity contribution >= 4 is 28.6 Å². The van der Waals surface area contributed by atoms with E-state index in [1.165, 1.54) is 12.1 Å². The third-order valence-corrected chi connectivity index (χ3v) is 6.12. The van der Waals surface area contributed by atoms with Gasteiger partial charge in [0.15, 0.2) is 0 Å². The lowest BCUT2D eigenvalue weighted by atomic mass is 9.91. The molecule has 2 aromatic carbocycles. The van der Waals surface area contributed by atoms with Gasteiger partial charge in [-0.2, -0.15) is 0 Å². The number of carbonyl (C=O) groups is 2. The van der Waals surface area contributed by atoms with Gasteiger partial charge in [0.25, 0.3) is 11.8 Å². The van der Waals surface area contributed by atoms with E-state index in [0.29, 0.717) is 54.4 Å². The Morgan fingerprint density at radius 1 is 1.06 bits per heavy atom. The molecule has 2 aromatic rings. The molecule has 0 unspecified atom stereocenters. The molecule has 4 rings (SSSR count). The molecule has 35 heavy (non-hydrogen) atoms. The predicted octanol–water partition coefficient (Wildman–Crippen LogP) is 4.12. The fourth-order valence-corrected chi connectivity index (χ4v) is 4.30. The van der Waals surface area contributed by atoms with Gasteiger partial charge in [0.2, 0.25) is 0 Å². The molecule has 0 saturated carbocycles. The Balaban J connectivity index is 1.63. The lowest BCUT2D eigenvalue weighted by Crippen LogP contribution is -2.36. The molecular weight excluding hydrogens is 451 g/mol. The highest BCUT2D eigenvalue weighted by Crippen LogP contribution is 2.44. The van der Waals surface area contributed by atoms with E-state index < -0.39 is 11.4 Å². The average Bonchev–Trinajstić information content (AvgIpc) is 3.32. The van der Waals surface area contributed by atoms with Crippen molar-refractivity contribution in [1.29, 1.82) is 0 Å². The van der Waals surface area contributed by atoms with Crippen molar-refractivity contribution in [3.8, 4) is 0 Å². The van der Waals surface area contributed by atoms with Gasteiger partial charge >= 0.3 is 0 Å². The Morgan fingerprint density at radius 3 is 2.34 bits per heavy atom. The molecule has 0 saturated heterocycles. The summed E-state index contributed by atoms with van der Waals surface area (Å²) in [6.45, 7) is 5.65. The highest BCUT2D eigenvalue weighted by molar-refractivity contribution is 6.32. The van der Waals surface area contributed by atoms with Crippen LogP contribution >= 0.6 is 0 Å². The van der Waals surface area contributed by atoms with Gasteiger partial charge < -0.3 is 24.4 Å². The maximum absolute atomic E-state index is 13.6. The van der Waals surface area contributed by atoms with E-state index in [1.54, 1.807) is 37.3 Å². The molecule has 184 valence electrons. The third kappa shape index (κ3) is 4.99. The standard InChI is InChI=1S/C27H29FN2O5/c1-27(2)21(16-23(35-27)24-20-10-9-19(28)15-22(20)29-25(24)31)17-5-7-18(8-6-17)26(32)30(11-13-33-3)12-14-34-4/h5-10,15-16H,11-14H2,1-4H3,(H,29,31). The number of allylic oxidation sites excluding steroid dienone is 1. The van der Waals surface area contributed by atoms with E-state index in [9.17, 15) is 14.0 Å². The fourth-order valence-electron chi connectivity index (χ4n) is 4.30. The number of nitrogens with one attached hydrogen (secondary N) is 1. The number of halogens is 1. The van der Waals surface area contributed by atoms with Gasteiger partial charge in [-0.3, -0.25) is 9.59 Å². The number of benzene rings is 2. The van der Waals surface area contributed by atoms with Gasteiger partial charge in [0.05, 0.1) is 24.5 Å². The molecule has 2 heterocycles. The molecule has 0 radical (unpaired) electrons. The van der Waals surface area contributed by atoms with Gasteiger partial charge in [-0.15, -0.1) is 0 Å². The summed E-state index contributed by atoms with van der Waals surface area (Å²) >= 11 is 0. The summed E-state index contributed by atoms with van der Waals surface area (Å²) in [5.41, 5.74) is 3.01. The zero-order chi connectivity index (χ0) is 25.2. The molecule has 7 nitrogen and oxygen atoms in total. The first-order valence-corrected chi connectivity index (χ1v) is 11.4. The van der Waals surface area contributed by atoms with E-state index in [-0.39, 0.29) is 11.8 Å². The highest BCUT2D eigenvalue weighted by atomic mass is 19.1. The number of hydrogen-bond acceptors (Lipinski definition) is 5. The SMILES string of the molecule is COCCN(CCOC)C(=O)c1ccc(C2=CC(=C3C(=O)Nc4cc(F)ccc43)OC2(C)C)cc1. The Labute approximate surface area is 204 Å². The fraction of sp³-hybridized carbons (Fsp3) is 0.333. The minimum absolute atomic E-state index is 0.101. The quantitative estimate of drug-likeness (QED) is 0.576. The predicted molar refractivity (Wildman–Crippen MR) is 131 cm³/mol. The van der Waals surface area contributed by atoms with E-state index in [2.05, 4.69) is 5.32 Å². The molecule has 0 aromatic heterocycles. The van der Waals surface area contributed by atoms with Gasteiger partial charge in [-0.1, -0.05) is 12.1 Å². The van der Waals surface area contributed by atoms with Gasteiger partial charge in [-0.05, 0) is 55.8 Å². The van der Waals surface area contributed by atoms with Crippen molar-refractivity contribution in [1.82, 2.24) is 4.90 Å². The molecule has 0 bridgehead atoms. The lowest BCUT2D eigenvalue weighted by molar-refractivity contribution is -0.111. The van der Waals surface area contributed by atoms with Crippen LogP contribution in [-0.4, -0.2) is 62.8 Å². The first-order chi connectivity index (χ1) is 16.7. The summed E-state index contributed by atoms with van der Waals surface area (Å²) in [6, 6.07) is 11.5. The van der Waals surface area contributed by atoms with Gasteiger partial charge in [0.1, 0.15) is 17.2 Å². The summed E-state index contributed by atoms with van der Waals surface area (Å²) in [4.78, 5) is 27.4. The number of amides is 2. The van der Waals surface area contributed by atoms with E-state index in [4.69, 9.17) is 14.2 Å². The third-order valence-electron chi connectivity index (χ3n) is 6.12. The second-order valence-corrected chi connectivity index (χ2v) is 8.91. The molecule has 0 aliphatic carbocycles. The molecule has 2 aliphatic rings. The first-order valence-electron chi connectivity index (χ1n) is 11.4. The van der Waals surface area contributed by atoms with Crippen molar-refractivity contribution in [3.63, 3.8) is 0 Å². The second-order valence-electron chi connectivity index (χ2n) is 8.91. The average molecular weight is 481 g/mol. The Morgan fingerprint density at radius 2 is 1.71 bits per heavy atom. The smallest absolute Gasteiger partial charge is 0.260 e. The zero-order valence-electron chi connectivity index (χ0n) is 20.3. The highest BCUT2D eigenvalue weighted by Gasteiger charge is 2.38. The monoisotopic (exact) mass is 480 g/mol. The normalized spacial score (nSPS) is 18.1.